The van der Waals surface area contributed by atoms with Gasteiger partial charge in [0.25, 0.3) is 5.56 Å². The minimum absolute atomic E-state index is 0.0116. The Balaban J connectivity index is 0.000000200. The van der Waals surface area contributed by atoms with E-state index in [4.69, 9.17) is 39.0 Å². The van der Waals surface area contributed by atoms with Crippen LogP contribution in [0.3, 0.4) is 0 Å². The molecule has 0 atom stereocenters. The number of halogens is 1. The highest BCUT2D eigenvalue weighted by Crippen LogP contribution is 2.33. The molecule has 6 N–H and O–H groups in total. The quantitative estimate of drug-likeness (QED) is 0.419. The summed E-state index contributed by atoms with van der Waals surface area (Å²) in [4.78, 5) is 24.8. The predicted octanol–water partition coefficient (Wildman–Crippen LogP) is 3.09. The van der Waals surface area contributed by atoms with Crippen LogP contribution in [0.5, 0.6) is 0 Å². The summed E-state index contributed by atoms with van der Waals surface area (Å²) < 4.78 is 1.71. The van der Waals surface area contributed by atoms with E-state index in [0.717, 1.165) is 17.9 Å². The topological polar surface area (TPSA) is 163 Å². The van der Waals surface area contributed by atoms with E-state index in [0.29, 0.717) is 21.8 Å². The summed E-state index contributed by atoms with van der Waals surface area (Å²) in [7, 11) is 0. The van der Waals surface area contributed by atoms with Crippen molar-refractivity contribution in [3.63, 3.8) is 0 Å². The van der Waals surface area contributed by atoms with Gasteiger partial charge < -0.3 is 17.2 Å². The summed E-state index contributed by atoms with van der Waals surface area (Å²) in [5.41, 5.74) is 17.3. The summed E-state index contributed by atoms with van der Waals surface area (Å²) >= 11 is 6.24. The highest BCUT2D eigenvalue weighted by molar-refractivity contribution is 6.35. The minimum atomic E-state index is -0.0857. The molecule has 1 aliphatic rings. The van der Waals surface area contributed by atoms with Gasteiger partial charge >= 0.3 is 0 Å². The zero-order chi connectivity index (χ0) is 23.5. The fourth-order valence-electron chi connectivity index (χ4n) is 3.43. The van der Waals surface area contributed by atoms with Gasteiger partial charge in [-0.2, -0.15) is 15.2 Å². The molecule has 1 saturated carbocycles. The Labute approximate surface area is 194 Å². The summed E-state index contributed by atoms with van der Waals surface area (Å²) in [6.07, 6.45) is 3.28. The number of nitrogens with zero attached hydrogens (tertiary/aromatic N) is 5. The molecular formula is C23H21ClN8O. The average Bonchev–Trinajstić information content (AvgIpc) is 3.58. The molecule has 4 aromatic rings. The Bertz CT molecular complexity index is 1400. The predicted molar refractivity (Wildman–Crippen MR) is 129 cm³/mol. The molecule has 2 heterocycles. The lowest BCUT2D eigenvalue weighted by Gasteiger charge is -2.14. The minimum Gasteiger partial charge on any atom is -0.382 e. The molecule has 10 heteroatoms. The first-order chi connectivity index (χ1) is 15.9. The first kappa shape index (κ1) is 22.0. The lowest BCUT2D eigenvalue weighted by atomic mass is 10.2. The molecule has 9 nitrogen and oxygen atoms in total. The van der Waals surface area contributed by atoms with Crippen molar-refractivity contribution >= 4 is 40.1 Å². The monoisotopic (exact) mass is 460 g/mol. The molecule has 1 fully saturated rings. The Morgan fingerprint density at radius 2 is 1.67 bits per heavy atom. The van der Waals surface area contributed by atoms with Gasteiger partial charge in [0.15, 0.2) is 0 Å². The molecular weight excluding hydrogens is 440 g/mol. The number of hydrogen-bond donors (Lipinski definition) is 3. The van der Waals surface area contributed by atoms with Gasteiger partial charge in [0.1, 0.15) is 29.1 Å². The number of aromatic nitrogens is 4. The van der Waals surface area contributed by atoms with Gasteiger partial charge in [-0.1, -0.05) is 35.9 Å². The van der Waals surface area contributed by atoms with Crippen molar-refractivity contribution in [2.24, 2.45) is 5.92 Å². The maximum atomic E-state index is 13.0. The zero-order valence-corrected chi connectivity index (χ0v) is 18.3. The summed E-state index contributed by atoms with van der Waals surface area (Å²) in [5.74, 6) is 1.47. The number of nitrogen functional groups attached to an aromatic ring is 3. The Hall–Kier alpha value is -4.16. The normalized spacial score (nSPS) is 12.6. The lowest BCUT2D eigenvalue weighted by Crippen LogP contribution is -2.24. The number of nitriles is 1. The molecule has 33 heavy (non-hydrogen) atoms. The number of nitrogens with two attached hydrogens (primary N) is 3. The molecule has 0 spiro atoms. The molecule has 0 saturated heterocycles. The second-order valence-corrected chi connectivity index (χ2v) is 8.03. The Kier molecular flexibility index (Phi) is 6.11. The van der Waals surface area contributed by atoms with Gasteiger partial charge in [-0.3, -0.25) is 9.36 Å². The Morgan fingerprint density at radius 3 is 2.27 bits per heavy atom. The van der Waals surface area contributed by atoms with Crippen molar-refractivity contribution in [1.82, 2.24) is 19.5 Å². The van der Waals surface area contributed by atoms with Crippen LogP contribution in [0.4, 0.5) is 17.6 Å². The fourth-order valence-corrected chi connectivity index (χ4v) is 3.68. The molecule has 1 aliphatic carbocycles. The van der Waals surface area contributed by atoms with Crippen molar-refractivity contribution in [2.75, 3.05) is 17.2 Å². The fraction of sp³-hybridized carbons (Fsp3) is 0.174. The van der Waals surface area contributed by atoms with Crippen molar-refractivity contribution < 1.29 is 0 Å². The molecule has 2 aromatic carbocycles. The maximum Gasteiger partial charge on any atom is 0.267 e. The second-order valence-electron chi connectivity index (χ2n) is 7.62. The number of hydrogen-bond acceptors (Lipinski definition) is 8. The molecule has 0 aliphatic heterocycles. The highest BCUT2D eigenvalue weighted by Gasteiger charge is 2.25. The van der Waals surface area contributed by atoms with Crippen molar-refractivity contribution in [3.8, 4) is 11.8 Å². The second kappa shape index (κ2) is 9.14. The average molecular weight is 461 g/mol. The summed E-state index contributed by atoms with van der Waals surface area (Å²) in [6, 6.07) is 16.9. The summed E-state index contributed by atoms with van der Waals surface area (Å²) in [6.45, 7) is 0. The van der Waals surface area contributed by atoms with Crippen LogP contribution in [0.15, 0.2) is 53.3 Å². The number of fused-ring (bicyclic) bond motifs is 1. The Morgan fingerprint density at radius 1 is 1.00 bits per heavy atom. The van der Waals surface area contributed by atoms with E-state index >= 15 is 0 Å². The third kappa shape index (κ3) is 4.71. The third-order valence-corrected chi connectivity index (χ3v) is 5.51. The van der Waals surface area contributed by atoms with Gasteiger partial charge in [0.2, 0.25) is 5.95 Å². The number of benzene rings is 2. The molecule has 5 rings (SSSR count). The van der Waals surface area contributed by atoms with Crippen LogP contribution >= 0.6 is 11.6 Å². The smallest absolute Gasteiger partial charge is 0.267 e. The largest absolute Gasteiger partial charge is 0.382 e. The van der Waals surface area contributed by atoms with Crippen LogP contribution in [-0.4, -0.2) is 19.5 Å². The van der Waals surface area contributed by atoms with E-state index in [1.165, 1.54) is 12.8 Å². The number of para-hydroxylation sites is 1. The molecule has 2 aromatic heterocycles. The first-order valence-electron chi connectivity index (χ1n) is 10.2. The van der Waals surface area contributed by atoms with Crippen LogP contribution < -0.4 is 22.8 Å². The van der Waals surface area contributed by atoms with E-state index in [9.17, 15) is 4.79 Å². The van der Waals surface area contributed by atoms with Crippen molar-refractivity contribution in [3.05, 3.63) is 75.3 Å². The van der Waals surface area contributed by atoms with E-state index in [1.54, 1.807) is 16.7 Å². The van der Waals surface area contributed by atoms with Crippen LogP contribution in [-0.2, 0) is 6.42 Å². The SMILES string of the molecule is N#Cc1c(N)nc(N)nc1N.O=c1c2c(Cl)cccc2nc(CC2CC2)n1-c1ccccc1. The molecule has 0 radical (unpaired) electrons. The maximum absolute atomic E-state index is 13.0. The van der Waals surface area contributed by atoms with Gasteiger partial charge in [0.05, 0.1) is 21.6 Å². The van der Waals surface area contributed by atoms with Crippen LogP contribution in [0, 0.1) is 17.2 Å². The van der Waals surface area contributed by atoms with Crippen LogP contribution in [0.25, 0.3) is 16.6 Å². The third-order valence-electron chi connectivity index (χ3n) is 5.19. The molecule has 166 valence electrons. The highest BCUT2D eigenvalue weighted by atomic mass is 35.5. The first-order valence-corrected chi connectivity index (χ1v) is 10.6. The zero-order valence-electron chi connectivity index (χ0n) is 17.6. The lowest BCUT2D eigenvalue weighted by molar-refractivity contribution is 0.728. The molecule has 0 bridgehead atoms. The van der Waals surface area contributed by atoms with Gasteiger partial charge in [-0.05, 0) is 43.0 Å². The van der Waals surface area contributed by atoms with E-state index in [-0.39, 0.29) is 28.7 Å². The number of anilines is 3. The van der Waals surface area contributed by atoms with Crippen molar-refractivity contribution in [2.45, 2.75) is 19.3 Å². The van der Waals surface area contributed by atoms with E-state index in [1.807, 2.05) is 42.5 Å². The number of rotatable bonds is 3. The molecule has 0 unspecified atom stereocenters. The van der Waals surface area contributed by atoms with Crippen LogP contribution in [0.2, 0.25) is 5.02 Å². The van der Waals surface area contributed by atoms with Crippen LogP contribution in [0.1, 0.15) is 24.2 Å². The standard InChI is InChI=1S/C18H15ClN2O.C5H6N6/c19-14-7-4-8-15-17(14)18(22)21(13-5-2-1-3-6-13)16(20-15)11-12-9-10-12;6-1-2-3(7)10-5(9)11-4(2)8/h1-8,12H,9-11H2;(H6,7,8,9,10,11). The van der Waals surface area contributed by atoms with E-state index < -0.39 is 0 Å². The molecule has 0 amide bonds. The summed E-state index contributed by atoms with van der Waals surface area (Å²) in [5, 5.41) is 9.41. The van der Waals surface area contributed by atoms with Crippen molar-refractivity contribution in [1.29, 1.82) is 5.26 Å². The van der Waals surface area contributed by atoms with Gasteiger partial charge in [0, 0.05) is 6.42 Å². The van der Waals surface area contributed by atoms with Gasteiger partial charge in [-0.25, -0.2) is 4.98 Å². The van der Waals surface area contributed by atoms with E-state index in [2.05, 4.69) is 9.97 Å². The van der Waals surface area contributed by atoms with Gasteiger partial charge in [-0.15, -0.1) is 0 Å².